The van der Waals surface area contributed by atoms with Gasteiger partial charge in [0.2, 0.25) is 10.0 Å². The first-order valence-corrected chi connectivity index (χ1v) is 8.05. The van der Waals surface area contributed by atoms with Gasteiger partial charge in [-0.15, -0.1) is 0 Å². The number of anilines is 1. The summed E-state index contributed by atoms with van der Waals surface area (Å²) in [6.45, 7) is 0.553. The molecule has 0 saturated heterocycles. The summed E-state index contributed by atoms with van der Waals surface area (Å²) < 4.78 is 62.9. The second-order valence-electron chi connectivity index (χ2n) is 5.06. The molecule has 23 heavy (non-hydrogen) atoms. The number of sulfonamides is 1. The molecular weight excluding hydrogens is 333 g/mol. The minimum Gasteiger partial charge on any atom is -0.383 e. The Labute approximate surface area is 132 Å². The van der Waals surface area contributed by atoms with E-state index < -0.39 is 27.2 Å². The quantitative estimate of drug-likeness (QED) is 0.633. The molecule has 0 fully saturated rings. The van der Waals surface area contributed by atoms with Crippen LogP contribution in [-0.2, 0) is 10.0 Å². The van der Waals surface area contributed by atoms with Crippen molar-refractivity contribution in [2.45, 2.75) is 18.3 Å². The topological polar surface area (TPSA) is 66.5 Å². The smallest absolute Gasteiger partial charge is 0.383 e. The van der Waals surface area contributed by atoms with E-state index in [0.717, 1.165) is 0 Å². The van der Waals surface area contributed by atoms with E-state index in [1.807, 2.05) is 4.72 Å². The first kappa shape index (κ1) is 19.0. The van der Waals surface area contributed by atoms with Crippen LogP contribution in [0.25, 0.3) is 0 Å². The van der Waals surface area contributed by atoms with Gasteiger partial charge in [0.25, 0.3) is 0 Å². The standard InChI is InChI=1S/C14H17F3N2O3S/c1-10(14(15,16)17)23(21,22)18-12-6-4-5-11(9-12)13(20)7-8-19(2)3/h4-10,18H,1-3H3. The molecule has 0 aliphatic carbocycles. The molecule has 0 aromatic heterocycles. The summed E-state index contributed by atoms with van der Waals surface area (Å²) in [6, 6.07) is 5.27. The van der Waals surface area contributed by atoms with Crippen LogP contribution in [0.15, 0.2) is 36.5 Å². The number of nitrogens with one attached hydrogen (secondary N) is 1. The van der Waals surface area contributed by atoms with Gasteiger partial charge >= 0.3 is 6.18 Å². The van der Waals surface area contributed by atoms with Gasteiger partial charge in [0.1, 0.15) is 0 Å². The van der Waals surface area contributed by atoms with Gasteiger partial charge in [0.15, 0.2) is 11.0 Å². The summed E-state index contributed by atoms with van der Waals surface area (Å²) in [4.78, 5) is 13.5. The van der Waals surface area contributed by atoms with Crippen LogP contribution in [0.1, 0.15) is 17.3 Å². The van der Waals surface area contributed by atoms with E-state index in [2.05, 4.69) is 0 Å². The minimum absolute atomic E-state index is 0.106. The molecule has 0 radical (unpaired) electrons. The highest BCUT2D eigenvalue weighted by Crippen LogP contribution is 2.27. The number of carbonyl (C=O) groups is 1. The molecule has 1 atom stereocenters. The van der Waals surface area contributed by atoms with Crippen molar-refractivity contribution < 1.29 is 26.4 Å². The Morgan fingerprint density at radius 3 is 2.43 bits per heavy atom. The number of hydrogen-bond acceptors (Lipinski definition) is 4. The zero-order valence-electron chi connectivity index (χ0n) is 12.8. The fourth-order valence-electron chi connectivity index (χ4n) is 1.48. The van der Waals surface area contributed by atoms with E-state index in [0.29, 0.717) is 6.92 Å². The lowest BCUT2D eigenvalue weighted by atomic mass is 10.1. The maximum Gasteiger partial charge on any atom is 0.407 e. The zero-order valence-corrected chi connectivity index (χ0v) is 13.6. The van der Waals surface area contributed by atoms with Crippen molar-refractivity contribution in [3.63, 3.8) is 0 Å². The number of rotatable bonds is 6. The van der Waals surface area contributed by atoms with Crippen LogP contribution < -0.4 is 4.72 Å². The lowest BCUT2D eigenvalue weighted by Gasteiger charge is -2.17. The normalized spacial score (nSPS) is 13.8. The van der Waals surface area contributed by atoms with E-state index in [1.165, 1.54) is 36.5 Å². The fourth-order valence-corrected chi connectivity index (χ4v) is 2.46. The Bertz CT molecular complexity index is 697. The van der Waals surface area contributed by atoms with Crippen molar-refractivity contribution in [2.24, 2.45) is 0 Å². The number of alkyl halides is 3. The highest BCUT2D eigenvalue weighted by Gasteiger charge is 2.45. The molecule has 1 aromatic carbocycles. The Hall–Kier alpha value is -2.03. The average molecular weight is 350 g/mol. The van der Waals surface area contributed by atoms with Crippen molar-refractivity contribution in [2.75, 3.05) is 18.8 Å². The van der Waals surface area contributed by atoms with Crippen LogP contribution in [0.5, 0.6) is 0 Å². The Balaban J connectivity index is 3.00. The third-order valence-electron chi connectivity index (χ3n) is 2.86. The van der Waals surface area contributed by atoms with E-state index >= 15 is 0 Å². The van der Waals surface area contributed by atoms with Gasteiger partial charge < -0.3 is 4.90 Å². The summed E-state index contributed by atoms with van der Waals surface area (Å²) in [7, 11) is -1.22. The molecule has 0 heterocycles. The maximum absolute atomic E-state index is 12.5. The van der Waals surface area contributed by atoms with E-state index in [1.54, 1.807) is 19.0 Å². The van der Waals surface area contributed by atoms with Crippen molar-refractivity contribution in [1.29, 1.82) is 0 Å². The monoisotopic (exact) mass is 350 g/mol. The number of benzene rings is 1. The van der Waals surface area contributed by atoms with Crippen molar-refractivity contribution in [3.05, 3.63) is 42.1 Å². The second kappa shape index (κ2) is 7.03. The number of carbonyl (C=O) groups excluding carboxylic acids is 1. The molecule has 1 aromatic rings. The van der Waals surface area contributed by atoms with Crippen molar-refractivity contribution in [1.82, 2.24) is 4.90 Å². The van der Waals surface area contributed by atoms with Crippen LogP contribution >= 0.6 is 0 Å². The summed E-state index contributed by atoms with van der Waals surface area (Å²) in [6.07, 6.45) is -2.11. The molecule has 0 amide bonds. The molecule has 0 aliphatic heterocycles. The second-order valence-corrected chi connectivity index (χ2v) is 7.06. The highest BCUT2D eigenvalue weighted by molar-refractivity contribution is 7.93. The van der Waals surface area contributed by atoms with E-state index in [-0.39, 0.29) is 11.3 Å². The van der Waals surface area contributed by atoms with Crippen molar-refractivity contribution in [3.8, 4) is 0 Å². The fraction of sp³-hybridized carbons (Fsp3) is 0.357. The first-order valence-electron chi connectivity index (χ1n) is 6.51. The van der Waals surface area contributed by atoms with Crippen molar-refractivity contribution >= 4 is 21.5 Å². The summed E-state index contributed by atoms with van der Waals surface area (Å²) in [5.74, 6) is -0.399. The minimum atomic E-state index is -4.88. The molecule has 0 aliphatic rings. The van der Waals surface area contributed by atoms with Crippen LogP contribution in [0, 0.1) is 0 Å². The lowest BCUT2D eigenvalue weighted by molar-refractivity contribution is -0.126. The highest BCUT2D eigenvalue weighted by atomic mass is 32.2. The number of nitrogens with zero attached hydrogens (tertiary/aromatic N) is 1. The van der Waals surface area contributed by atoms with Crippen LogP contribution in [0.3, 0.4) is 0 Å². The van der Waals surface area contributed by atoms with Crippen LogP contribution in [0.4, 0.5) is 18.9 Å². The van der Waals surface area contributed by atoms with Gasteiger partial charge in [0.05, 0.1) is 0 Å². The average Bonchev–Trinajstić information content (AvgIpc) is 2.42. The van der Waals surface area contributed by atoms with E-state index in [9.17, 15) is 26.4 Å². The number of allylic oxidation sites excluding steroid dienone is 1. The molecule has 5 nitrogen and oxygen atoms in total. The van der Waals surface area contributed by atoms with Gasteiger partial charge in [-0.05, 0) is 19.1 Å². The molecule has 0 spiro atoms. The molecule has 1 N–H and O–H groups in total. The molecule has 1 rings (SSSR count). The van der Waals surface area contributed by atoms with Crippen LogP contribution in [-0.4, -0.2) is 44.6 Å². The molecule has 9 heteroatoms. The SMILES string of the molecule is CC(C(F)(F)F)S(=O)(=O)Nc1cccc(C(=O)C=CN(C)C)c1. The predicted octanol–water partition coefficient (Wildman–Crippen LogP) is 2.64. The third kappa shape index (κ3) is 5.59. The molecule has 0 bridgehead atoms. The maximum atomic E-state index is 12.5. The van der Waals surface area contributed by atoms with E-state index in [4.69, 9.17) is 0 Å². The van der Waals surface area contributed by atoms with Gasteiger partial charge in [-0.1, -0.05) is 12.1 Å². The lowest BCUT2D eigenvalue weighted by Crippen LogP contribution is -2.37. The van der Waals surface area contributed by atoms with Gasteiger partial charge in [-0.25, -0.2) is 8.42 Å². The molecule has 1 unspecified atom stereocenters. The zero-order chi connectivity index (χ0) is 17.8. The van der Waals surface area contributed by atoms with Gasteiger partial charge in [-0.2, -0.15) is 13.2 Å². The van der Waals surface area contributed by atoms with Gasteiger partial charge in [-0.3, -0.25) is 9.52 Å². The largest absolute Gasteiger partial charge is 0.407 e. The number of halogens is 3. The number of hydrogen-bond donors (Lipinski definition) is 1. The number of ketones is 1. The first-order chi connectivity index (χ1) is 10.4. The van der Waals surface area contributed by atoms with Gasteiger partial charge in [0, 0.05) is 37.6 Å². The molecular formula is C14H17F3N2O3S. The molecule has 0 saturated carbocycles. The predicted molar refractivity (Wildman–Crippen MR) is 81.7 cm³/mol. The van der Waals surface area contributed by atoms with Crippen LogP contribution in [0.2, 0.25) is 0 Å². The summed E-state index contributed by atoms with van der Waals surface area (Å²) >= 11 is 0. The molecule has 128 valence electrons. The summed E-state index contributed by atoms with van der Waals surface area (Å²) in [5, 5.41) is -2.57. The third-order valence-corrected chi connectivity index (χ3v) is 4.58. The Kier molecular flexibility index (Phi) is 5.81. The summed E-state index contributed by atoms with van der Waals surface area (Å²) in [5.41, 5.74) is 0.0492. The Morgan fingerprint density at radius 1 is 1.30 bits per heavy atom. The Morgan fingerprint density at radius 2 is 1.91 bits per heavy atom.